The van der Waals surface area contributed by atoms with Crippen LogP contribution in [0.15, 0.2) is 0 Å². The number of hydrogen-bond donors (Lipinski definition) is 0. The Morgan fingerprint density at radius 3 is 1.25 bits per heavy atom. The van der Waals surface area contributed by atoms with Crippen molar-refractivity contribution in [3.8, 4) is 0 Å². The quantitative estimate of drug-likeness (QED) is 0.260. The summed E-state index contributed by atoms with van der Waals surface area (Å²) in [5.41, 5.74) is 13.5. The van der Waals surface area contributed by atoms with Gasteiger partial charge < -0.3 is 11.1 Å². The fourth-order valence-corrected chi connectivity index (χ4v) is 0. The first-order valence-electron chi connectivity index (χ1n) is 0.400. The Morgan fingerprint density at radius 1 is 1.25 bits per heavy atom. The summed E-state index contributed by atoms with van der Waals surface area (Å²) >= 11 is 0. The van der Waals surface area contributed by atoms with Gasteiger partial charge in [-0.1, -0.05) is 0 Å². The monoisotopic (exact) mass is 239 g/mol. The third-order valence-electron chi connectivity index (χ3n) is 0. The SMILES string of the molecule is [Au+].[N-]=[N+]=[N-]. The first-order chi connectivity index (χ1) is 1.41. The van der Waals surface area contributed by atoms with Gasteiger partial charge >= 0.3 is 22.4 Å². The molecule has 0 N–H and O–H groups in total. The van der Waals surface area contributed by atoms with Gasteiger partial charge in [-0.05, 0) is 0 Å². The van der Waals surface area contributed by atoms with Crippen molar-refractivity contribution in [3.63, 3.8) is 0 Å². The maximum Gasteiger partial charge on any atom is 1.00 e. The molecule has 0 amide bonds. The molecule has 4 heteroatoms. The maximum atomic E-state index is 6.75. The zero-order chi connectivity index (χ0) is 2.71. The summed E-state index contributed by atoms with van der Waals surface area (Å²) in [6.07, 6.45) is 0. The predicted molar refractivity (Wildman–Crippen MR) is 10.1 cm³/mol. The van der Waals surface area contributed by atoms with Crippen molar-refractivity contribution >= 4 is 0 Å². The van der Waals surface area contributed by atoms with Crippen LogP contribution in [0.5, 0.6) is 0 Å². The first kappa shape index (κ1) is 8.96. The van der Waals surface area contributed by atoms with E-state index in [-0.39, 0.29) is 22.4 Å². The summed E-state index contributed by atoms with van der Waals surface area (Å²) in [5, 5.41) is 0. The van der Waals surface area contributed by atoms with E-state index in [1.807, 2.05) is 0 Å². The van der Waals surface area contributed by atoms with Crippen LogP contribution < -0.4 is 0 Å². The smallest absolute Gasteiger partial charge is 0.373 e. The molecule has 0 atom stereocenters. The zero-order valence-electron chi connectivity index (χ0n) is 1.64. The van der Waals surface area contributed by atoms with Crippen molar-refractivity contribution in [2.45, 2.75) is 0 Å². The molecule has 0 saturated carbocycles. The summed E-state index contributed by atoms with van der Waals surface area (Å²) in [6, 6.07) is 0. The summed E-state index contributed by atoms with van der Waals surface area (Å²) in [5.74, 6) is 0. The largest absolute Gasteiger partial charge is 1.00 e. The molecular weight excluding hydrogens is 239 g/mol. The molecule has 0 fully saturated rings. The predicted octanol–water partition coefficient (Wildman–Crippen LogP) is 0.864. The van der Waals surface area contributed by atoms with Gasteiger partial charge in [0, 0.05) is 0 Å². The first-order valence-corrected chi connectivity index (χ1v) is 0.400. The average molecular weight is 239 g/mol. The van der Waals surface area contributed by atoms with Gasteiger partial charge in [0.15, 0.2) is 0 Å². The molecule has 0 saturated heterocycles. The van der Waals surface area contributed by atoms with E-state index in [2.05, 4.69) is 0 Å². The van der Waals surface area contributed by atoms with E-state index >= 15 is 0 Å². The van der Waals surface area contributed by atoms with Crippen LogP contribution in [0.1, 0.15) is 0 Å². The average Bonchev–Trinajstić information content (AvgIpc) is 0.918. The Labute approximate surface area is 38.9 Å². The van der Waals surface area contributed by atoms with E-state index in [1.54, 1.807) is 0 Å². The molecule has 0 bridgehead atoms. The fourth-order valence-electron chi connectivity index (χ4n) is 0. The normalized spacial score (nSPS) is 2.00. The van der Waals surface area contributed by atoms with E-state index in [0.29, 0.717) is 0 Å². The molecule has 0 heterocycles. The van der Waals surface area contributed by atoms with Crippen molar-refractivity contribution < 1.29 is 22.4 Å². The van der Waals surface area contributed by atoms with Crippen molar-refractivity contribution in [3.05, 3.63) is 16.0 Å². The molecule has 4 heavy (non-hydrogen) atoms. The molecule has 0 aliphatic carbocycles. The minimum atomic E-state index is 0. The standard InChI is InChI=1S/Au.N3/c;1-3-2/q+1;-1. The molecule has 0 aromatic heterocycles. The van der Waals surface area contributed by atoms with E-state index in [0.717, 1.165) is 0 Å². The van der Waals surface area contributed by atoms with Crippen molar-refractivity contribution in [2.24, 2.45) is 0 Å². The van der Waals surface area contributed by atoms with Crippen LogP contribution in [0.4, 0.5) is 0 Å². The second kappa shape index (κ2) is 11.6. The van der Waals surface area contributed by atoms with Gasteiger partial charge in [0.25, 0.3) is 0 Å². The van der Waals surface area contributed by atoms with Crippen LogP contribution in [-0.4, -0.2) is 0 Å². The van der Waals surface area contributed by atoms with Gasteiger partial charge in [-0.3, -0.25) is 4.91 Å². The summed E-state index contributed by atoms with van der Waals surface area (Å²) in [6.45, 7) is 0. The van der Waals surface area contributed by atoms with E-state index in [9.17, 15) is 0 Å². The molecule has 0 aliphatic heterocycles. The summed E-state index contributed by atoms with van der Waals surface area (Å²) in [4.78, 5) is 1.50. The minimum Gasteiger partial charge on any atom is -0.373 e. The van der Waals surface area contributed by atoms with Crippen LogP contribution >= 0.6 is 0 Å². The molecule has 0 spiro atoms. The Kier molecular flexibility index (Phi) is 26.1. The molecule has 0 aliphatic rings. The maximum absolute atomic E-state index is 6.75. The van der Waals surface area contributed by atoms with E-state index in [1.165, 1.54) is 4.91 Å². The molecule has 0 radical (unpaired) electrons. The molecule has 0 rings (SSSR count). The summed E-state index contributed by atoms with van der Waals surface area (Å²) < 4.78 is 0. The topological polar surface area (TPSA) is 58.7 Å². The summed E-state index contributed by atoms with van der Waals surface area (Å²) in [7, 11) is 0. The van der Waals surface area contributed by atoms with Crippen molar-refractivity contribution in [1.29, 1.82) is 0 Å². The molecular formula is AuN3. The van der Waals surface area contributed by atoms with Crippen molar-refractivity contribution in [2.75, 3.05) is 0 Å². The van der Waals surface area contributed by atoms with Crippen molar-refractivity contribution in [1.82, 2.24) is 0 Å². The van der Waals surface area contributed by atoms with Gasteiger partial charge in [-0.2, -0.15) is 0 Å². The van der Waals surface area contributed by atoms with Crippen LogP contribution in [0, 0.1) is 0 Å². The van der Waals surface area contributed by atoms with Crippen LogP contribution in [0.3, 0.4) is 0 Å². The molecule has 0 unspecified atom stereocenters. The number of hydrogen-bond acceptors (Lipinski definition) is 0. The second-order valence-electron chi connectivity index (χ2n) is 0.0894. The van der Waals surface area contributed by atoms with Crippen LogP contribution in [-0.2, 0) is 22.4 Å². The number of rotatable bonds is 0. The molecule has 26 valence electrons. The minimum absolute atomic E-state index is 0. The van der Waals surface area contributed by atoms with Crippen LogP contribution in [0.25, 0.3) is 16.0 Å². The Bertz CT molecular complexity index is 24.3. The number of nitrogens with zero attached hydrogens (tertiary/aromatic N) is 3. The molecule has 0 aromatic carbocycles. The van der Waals surface area contributed by atoms with E-state index < -0.39 is 0 Å². The van der Waals surface area contributed by atoms with E-state index in [4.69, 9.17) is 11.1 Å². The Balaban J connectivity index is 0. The van der Waals surface area contributed by atoms with Gasteiger partial charge in [0.05, 0.1) is 0 Å². The third kappa shape index (κ3) is 895. The van der Waals surface area contributed by atoms with Gasteiger partial charge in [-0.25, -0.2) is 0 Å². The second-order valence-corrected chi connectivity index (χ2v) is 0.0894. The molecule has 0 aromatic rings. The van der Waals surface area contributed by atoms with Gasteiger partial charge in [0.1, 0.15) is 0 Å². The van der Waals surface area contributed by atoms with Crippen LogP contribution in [0.2, 0.25) is 0 Å². The van der Waals surface area contributed by atoms with Gasteiger partial charge in [0.2, 0.25) is 0 Å². The Morgan fingerprint density at radius 2 is 1.25 bits per heavy atom. The molecule has 3 nitrogen and oxygen atoms in total. The fraction of sp³-hybridized carbons (Fsp3) is 0. The Hall–Kier alpha value is 0.0503. The zero-order valence-corrected chi connectivity index (χ0v) is 3.81. The third-order valence-corrected chi connectivity index (χ3v) is 0. The van der Waals surface area contributed by atoms with Gasteiger partial charge in [-0.15, -0.1) is 0 Å².